The Bertz CT molecular complexity index is 552. The number of rotatable bonds is 3. The minimum absolute atomic E-state index is 0.00688. The third kappa shape index (κ3) is 2.94. The van der Waals surface area contributed by atoms with Gasteiger partial charge in [0.15, 0.2) is 0 Å². The first-order valence-corrected chi connectivity index (χ1v) is 5.66. The molecule has 0 unspecified atom stereocenters. The lowest BCUT2D eigenvalue weighted by Crippen LogP contribution is -2.19. The summed E-state index contributed by atoms with van der Waals surface area (Å²) in [6.07, 6.45) is 4.00. The second kappa shape index (κ2) is 5.30. The third-order valence-electron chi connectivity index (χ3n) is 2.59. The number of carbonyl (C=O) groups excluding carboxylic acids is 1. The first kappa shape index (κ1) is 11.4. The minimum atomic E-state index is -0.00688. The SMILES string of the molecule is CC(=O)NCC=Cc1cccc2ccccc12. The molecule has 0 saturated heterocycles. The third-order valence-corrected chi connectivity index (χ3v) is 2.59. The van der Waals surface area contributed by atoms with Crippen molar-refractivity contribution in [1.82, 2.24) is 5.32 Å². The van der Waals surface area contributed by atoms with Crippen molar-refractivity contribution in [1.29, 1.82) is 0 Å². The van der Waals surface area contributed by atoms with Crippen molar-refractivity contribution >= 4 is 22.8 Å². The molecular weight excluding hydrogens is 210 g/mol. The number of hydrogen-bond donors (Lipinski definition) is 1. The lowest BCUT2D eigenvalue weighted by atomic mass is 10.0. The van der Waals surface area contributed by atoms with Crippen molar-refractivity contribution in [2.24, 2.45) is 0 Å². The number of amides is 1. The number of fused-ring (bicyclic) bond motifs is 1. The highest BCUT2D eigenvalue weighted by Crippen LogP contribution is 2.19. The van der Waals surface area contributed by atoms with E-state index in [0.29, 0.717) is 6.54 Å². The van der Waals surface area contributed by atoms with Crippen molar-refractivity contribution in [3.63, 3.8) is 0 Å². The Balaban J connectivity index is 2.21. The van der Waals surface area contributed by atoms with Gasteiger partial charge in [0.25, 0.3) is 0 Å². The molecule has 86 valence electrons. The predicted molar refractivity (Wildman–Crippen MR) is 71.7 cm³/mol. The van der Waals surface area contributed by atoms with E-state index in [1.807, 2.05) is 30.4 Å². The Hall–Kier alpha value is -2.09. The van der Waals surface area contributed by atoms with E-state index in [4.69, 9.17) is 0 Å². The lowest BCUT2D eigenvalue weighted by Gasteiger charge is -2.01. The van der Waals surface area contributed by atoms with Crippen LogP contribution in [0.25, 0.3) is 16.8 Å². The predicted octanol–water partition coefficient (Wildman–Crippen LogP) is 2.99. The second-order valence-electron chi connectivity index (χ2n) is 3.91. The van der Waals surface area contributed by atoms with Gasteiger partial charge in [-0.25, -0.2) is 0 Å². The largest absolute Gasteiger partial charge is 0.353 e. The maximum Gasteiger partial charge on any atom is 0.217 e. The van der Waals surface area contributed by atoms with E-state index in [2.05, 4.69) is 29.6 Å². The zero-order chi connectivity index (χ0) is 12.1. The second-order valence-corrected chi connectivity index (χ2v) is 3.91. The van der Waals surface area contributed by atoms with E-state index >= 15 is 0 Å². The molecule has 0 aliphatic heterocycles. The van der Waals surface area contributed by atoms with Crippen LogP contribution >= 0.6 is 0 Å². The van der Waals surface area contributed by atoms with Gasteiger partial charge in [-0.3, -0.25) is 4.79 Å². The number of carbonyl (C=O) groups is 1. The molecule has 0 radical (unpaired) electrons. The summed E-state index contributed by atoms with van der Waals surface area (Å²) in [5.41, 5.74) is 1.17. The molecule has 2 rings (SSSR count). The van der Waals surface area contributed by atoms with Crippen LogP contribution in [0, 0.1) is 0 Å². The number of benzene rings is 2. The fraction of sp³-hybridized carbons (Fsp3) is 0.133. The fourth-order valence-corrected chi connectivity index (χ4v) is 1.78. The van der Waals surface area contributed by atoms with Crippen LogP contribution in [0.5, 0.6) is 0 Å². The molecule has 0 bridgehead atoms. The average Bonchev–Trinajstić information content (AvgIpc) is 2.34. The summed E-state index contributed by atoms with van der Waals surface area (Å²) in [5.74, 6) is -0.00688. The fourth-order valence-electron chi connectivity index (χ4n) is 1.78. The van der Waals surface area contributed by atoms with Crippen molar-refractivity contribution < 1.29 is 4.79 Å². The minimum Gasteiger partial charge on any atom is -0.353 e. The Morgan fingerprint density at radius 3 is 2.76 bits per heavy atom. The normalized spacial score (nSPS) is 10.9. The highest BCUT2D eigenvalue weighted by atomic mass is 16.1. The van der Waals surface area contributed by atoms with E-state index in [-0.39, 0.29) is 5.91 Å². The summed E-state index contributed by atoms with van der Waals surface area (Å²) in [4.78, 5) is 10.7. The summed E-state index contributed by atoms with van der Waals surface area (Å²) >= 11 is 0. The van der Waals surface area contributed by atoms with Crippen LogP contribution in [-0.4, -0.2) is 12.5 Å². The molecule has 0 atom stereocenters. The van der Waals surface area contributed by atoms with Crippen LogP contribution < -0.4 is 5.32 Å². The van der Waals surface area contributed by atoms with Crippen LogP contribution in [0.1, 0.15) is 12.5 Å². The lowest BCUT2D eigenvalue weighted by molar-refractivity contribution is -0.118. The molecule has 0 heterocycles. The molecule has 1 N–H and O–H groups in total. The van der Waals surface area contributed by atoms with Crippen LogP contribution in [-0.2, 0) is 4.79 Å². The van der Waals surface area contributed by atoms with Gasteiger partial charge in [0.05, 0.1) is 0 Å². The van der Waals surface area contributed by atoms with Gasteiger partial charge in [0.2, 0.25) is 5.91 Å². The molecule has 0 aliphatic carbocycles. The monoisotopic (exact) mass is 225 g/mol. The highest BCUT2D eigenvalue weighted by Gasteiger charge is 1.95. The Morgan fingerprint density at radius 1 is 1.18 bits per heavy atom. The molecule has 0 spiro atoms. The molecule has 0 aromatic heterocycles. The standard InChI is InChI=1S/C15H15NO/c1-12(17)16-11-5-9-14-8-4-7-13-6-2-3-10-15(13)14/h2-10H,11H2,1H3,(H,16,17). The van der Waals surface area contributed by atoms with E-state index in [0.717, 1.165) is 0 Å². The topological polar surface area (TPSA) is 29.1 Å². The van der Waals surface area contributed by atoms with Gasteiger partial charge in [0.1, 0.15) is 0 Å². The van der Waals surface area contributed by atoms with Crippen LogP contribution in [0.4, 0.5) is 0 Å². The summed E-state index contributed by atoms with van der Waals surface area (Å²) in [5, 5.41) is 5.20. The Morgan fingerprint density at radius 2 is 1.94 bits per heavy atom. The van der Waals surface area contributed by atoms with Gasteiger partial charge < -0.3 is 5.32 Å². The van der Waals surface area contributed by atoms with Crippen molar-refractivity contribution in [2.75, 3.05) is 6.54 Å². The number of nitrogens with one attached hydrogen (secondary N) is 1. The molecule has 2 heteroatoms. The van der Waals surface area contributed by atoms with Crippen LogP contribution in [0.2, 0.25) is 0 Å². The van der Waals surface area contributed by atoms with E-state index < -0.39 is 0 Å². The van der Waals surface area contributed by atoms with Gasteiger partial charge in [-0.1, -0.05) is 54.6 Å². The van der Waals surface area contributed by atoms with E-state index in [9.17, 15) is 4.79 Å². The molecule has 0 saturated carbocycles. The Kier molecular flexibility index (Phi) is 3.55. The quantitative estimate of drug-likeness (QED) is 0.854. The van der Waals surface area contributed by atoms with Gasteiger partial charge in [-0.05, 0) is 16.3 Å². The van der Waals surface area contributed by atoms with E-state index in [1.165, 1.54) is 23.3 Å². The van der Waals surface area contributed by atoms with Gasteiger partial charge >= 0.3 is 0 Å². The molecule has 2 aromatic carbocycles. The molecule has 1 amide bonds. The van der Waals surface area contributed by atoms with Crippen LogP contribution in [0.15, 0.2) is 48.5 Å². The molecular formula is C15H15NO. The summed E-state index contributed by atoms with van der Waals surface area (Å²) in [6.45, 7) is 2.09. The number of hydrogen-bond acceptors (Lipinski definition) is 1. The molecule has 2 nitrogen and oxygen atoms in total. The van der Waals surface area contributed by atoms with E-state index in [1.54, 1.807) is 0 Å². The zero-order valence-electron chi connectivity index (χ0n) is 9.81. The van der Waals surface area contributed by atoms with Gasteiger partial charge in [0, 0.05) is 13.5 Å². The molecule has 2 aromatic rings. The highest BCUT2D eigenvalue weighted by molar-refractivity contribution is 5.90. The van der Waals surface area contributed by atoms with Gasteiger partial charge in [-0.15, -0.1) is 0 Å². The summed E-state index contributed by atoms with van der Waals surface area (Å²) in [6, 6.07) is 14.5. The van der Waals surface area contributed by atoms with Crippen molar-refractivity contribution in [3.05, 3.63) is 54.1 Å². The van der Waals surface area contributed by atoms with Crippen LogP contribution in [0.3, 0.4) is 0 Å². The zero-order valence-corrected chi connectivity index (χ0v) is 9.81. The summed E-state index contributed by atoms with van der Waals surface area (Å²) < 4.78 is 0. The van der Waals surface area contributed by atoms with Crippen molar-refractivity contribution in [2.45, 2.75) is 6.92 Å². The molecule has 0 fully saturated rings. The maximum atomic E-state index is 10.7. The average molecular weight is 225 g/mol. The maximum absolute atomic E-state index is 10.7. The smallest absolute Gasteiger partial charge is 0.217 e. The molecule has 17 heavy (non-hydrogen) atoms. The molecule has 0 aliphatic rings. The first-order valence-electron chi connectivity index (χ1n) is 5.66. The first-order chi connectivity index (χ1) is 8.27. The Labute approximate surface area is 101 Å². The van der Waals surface area contributed by atoms with Crippen molar-refractivity contribution in [3.8, 4) is 0 Å². The van der Waals surface area contributed by atoms with Gasteiger partial charge in [-0.2, -0.15) is 0 Å². The summed E-state index contributed by atoms with van der Waals surface area (Å²) in [7, 11) is 0.